The second kappa shape index (κ2) is 8.10. The maximum Gasteiger partial charge on any atom is 0.338 e. The highest BCUT2D eigenvalue weighted by atomic mass is 16.5. The number of carbonyl (C=O) groups is 2. The second-order valence-corrected chi connectivity index (χ2v) is 3.82. The Bertz CT molecular complexity index is 417. The quantitative estimate of drug-likeness (QED) is 0.678. The number of rotatable bonds is 6. The Labute approximate surface area is 111 Å². The molecule has 0 fully saturated rings. The first-order valence-corrected chi connectivity index (χ1v) is 6.10. The smallest absolute Gasteiger partial charge is 0.338 e. The van der Waals surface area contributed by atoms with E-state index in [0.717, 1.165) is 6.42 Å². The summed E-state index contributed by atoms with van der Waals surface area (Å²) in [6, 6.07) is 5.98. The third kappa shape index (κ3) is 5.39. The summed E-state index contributed by atoms with van der Waals surface area (Å²) in [4.78, 5) is 22.8. The lowest BCUT2D eigenvalue weighted by Crippen LogP contribution is -2.30. The SMILES string of the molecule is CCCOC(=O)c1ccc(NC(=O)NCCO)cc1. The van der Waals surface area contributed by atoms with Gasteiger partial charge in [0, 0.05) is 12.2 Å². The molecule has 19 heavy (non-hydrogen) atoms. The molecule has 1 rings (SSSR count). The number of urea groups is 1. The molecular formula is C13H18N2O4. The van der Waals surface area contributed by atoms with Gasteiger partial charge >= 0.3 is 12.0 Å². The van der Waals surface area contributed by atoms with Crippen molar-refractivity contribution in [2.45, 2.75) is 13.3 Å². The number of esters is 1. The molecule has 1 aromatic carbocycles. The van der Waals surface area contributed by atoms with Gasteiger partial charge in [-0.25, -0.2) is 9.59 Å². The predicted molar refractivity (Wildman–Crippen MR) is 71.1 cm³/mol. The molecule has 0 unspecified atom stereocenters. The van der Waals surface area contributed by atoms with Gasteiger partial charge in [-0.15, -0.1) is 0 Å². The molecule has 0 aliphatic carbocycles. The molecule has 6 heteroatoms. The number of nitrogens with one attached hydrogen (secondary N) is 2. The number of ether oxygens (including phenoxy) is 1. The molecule has 3 N–H and O–H groups in total. The van der Waals surface area contributed by atoms with Crippen molar-refractivity contribution in [1.82, 2.24) is 5.32 Å². The van der Waals surface area contributed by atoms with Crippen LogP contribution in [0.15, 0.2) is 24.3 Å². The molecule has 2 amide bonds. The highest BCUT2D eigenvalue weighted by molar-refractivity contribution is 5.92. The van der Waals surface area contributed by atoms with E-state index in [0.29, 0.717) is 17.9 Å². The summed E-state index contributed by atoms with van der Waals surface area (Å²) in [7, 11) is 0. The molecule has 0 spiro atoms. The number of anilines is 1. The normalized spacial score (nSPS) is 9.79. The van der Waals surface area contributed by atoms with E-state index in [4.69, 9.17) is 9.84 Å². The van der Waals surface area contributed by atoms with Crippen molar-refractivity contribution in [3.63, 3.8) is 0 Å². The number of carbonyl (C=O) groups excluding carboxylic acids is 2. The van der Waals surface area contributed by atoms with Crippen LogP contribution in [0, 0.1) is 0 Å². The Hall–Kier alpha value is -2.08. The number of amides is 2. The first-order chi connectivity index (χ1) is 9.17. The summed E-state index contributed by atoms with van der Waals surface area (Å²) >= 11 is 0. The molecule has 0 aliphatic heterocycles. The molecule has 104 valence electrons. The Morgan fingerprint density at radius 1 is 1.26 bits per heavy atom. The van der Waals surface area contributed by atoms with Crippen molar-refractivity contribution in [2.75, 3.05) is 25.1 Å². The van der Waals surface area contributed by atoms with Gasteiger partial charge in [0.2, 0.25) is 0 Å². The zero-order chi connectivity index (χ0) is 14.1. The van der Waals surface area contributed by atoms with Crippen LogP contribution >= 0.6 is 0 Å². The lowest BCUT2D eigenvalue weighted by atomic mass is 10.2. The minimum absolute atomic E-state index is 0.115. The highest BCUT2D eigenvalue weighted by Crippen LogP contribution is 2.10. The Morgan fingerprint density at radius 2 is 1.95 bits per heavy atom. The van der Waals surface area contributed by atoms with Crippen molar-refractivity contribution in [1.29, 1.82) is 0 Å². The molecule has 0 saturated carbocycles. The van der Waals surface area contributed by atoms with Crippen LogP contribution in [-0.2, 0) is 4.74 Å². The molecule has 6 nitrogen and oxygen atoms in total. The van der Waals surface area contributed by atoms with E-state index in [1.165, 1.54) is 0 Å². The van der Waals surface area contributed by atoms with Crippen LogP contribution in [0.4, 0.5) is 10.5 Å². The summed E-state index contributed by atoms with van der Waals surface area (Å²) in [5, 5.41) is 13.6. The van der Waals surface area contributed by atoms with Gasteiger partial charge in [0.25, 0.3) is 0 Å². The van der Waals surface area contributed by atoms with Crippen LogP contribution < -0.4 is 10.6 Å². The molecule has 0 aliphatic rings. The predicted octanol–water partition coefficient (Wildman–Crippen LogP) is 1.37. The summed E-state index contributed by atoms with van der Waals surface area (Å²) in [5.74, 6) is -0.377. The van der Waals surface area contributed by atoms with Gasteiger partial charge < -0.3 is 20.5 Å². The maximum atomic E-state index is 11.5. The summed E-state index contributed by atoms with van der Waals surface area (Å²) in [5.41, 5.74) is 0.997. The molecule has 0 bridgehead atoms. The molecule has 0 heterocycles. The first-order valence-electron chi connectivity index (χ1n) is 6.10. The number of benzene rings is 1. The van der Waals surface area contributed by atoms with Crippen molar-refractivity contribution in [2.24, 2.45) is 0 Å². The molecule has 0 saturated heterocycles. The fourth-order valence-corrected chi connectivity index (χ4v) is 1.31. The third-order valence-corrected chi connectivity index (χ3v) is 2.21. The van der Waals surface area contributed by atoms with Gasteiger partial charge in [0.15, 0.2) is 0 Å². The summed E-state index contributed by atoms with van der Waals surface area (Å²) in [6.45, 7) is 2.39. The Kier molecular flexibility index (Phi) is 6.38. The third-order valence-electron chi connectivity index (χ3n) is 2.21. The Balaban J connectivity index is 2.51. The topological polar surface area (TPSA) is 87.7 Å². The highest BCUT2D eigenvalue weighted by Gasteiger charge is 2.07. The fourth-order valence-electron chi connectivity index (χ4n) is 1.31. The zero-order valence-corrected chi connectivity index (χ0v) is 10.8. The van der Waals surface area contributed by atoms with E-state index in [1.807, 2.05) is 6.92 Å². The van der Waals surface area contributed by atoms with Gasteiger partial charge in [-0.2, -0.15) is 0 Å². The van der Waals surface area contributed by atoms with Crippen LogP contribution in [0.2, 0.25) is 0 Å². The minimum atomic E-state index is -0.407. The van der Waals surface area contributed by atoms with Crippen molar-refractivity contribution >= 4 is 17.7 Å². The van der Waals surface area contributed by atoms with Crippen LogP contribution in [-0.4, -0.2) is 36.9 Å². The van der Waals surface area contributed by atoms with E-state index in [2.05, 4.69) is 10.6 Å². The lowest BCUT2D eigenvalue weighted by Gasteiger charge is -2.07. The largest absolute Gasteiger partial charge is 0.462 e. The average Bonchev–Trinajstić information content (AvgIpc) is 2.43. The zero-order valence-electron chi connectivity index (χ0n) is 10.8. The van der Waals surface area contributed by atoms with Crippen LogP contribution in [0.3, 0.4) is 0 Å². The van der Waals surface area contributed by atoms with E-state index >= 15 is 0 Å². The second-order valence-electron chi connectivity index (χ2n) is 3.82. The molecular weight excluding hydrogens is 248 g/mol. The van der Waals surface area contributed by atoms with E-state index < -0.39 is 6.03 Å². The molecule has 0 radical (unpaired) electrons. The lowest BCUT2D eigenvalue weighted by molar-refractivity contribution is 0.0505. The summed E-state index contributed by atoms with van der Waals surface area (Å²) < 4.78 is 4.98. The van der Waals surface area contributed by atoms with E-state index in [-0.39, 0.29) is 19.1 Å². The van der Waals surface area contributed by atoms with Crippen LogP contribution in [0.25, 0.3) is 0 Å². The van der Waals surface area contributed by atoms with Crippen LogP contribution in [0.5, 0.6) is 0 Å². The monoisotopic (exact) mass is 266 g/mol. The molecule has 0 aromatic heterocycles. The first kappa shape index (κ1) is 15.0. The van der Waals surface area contributed by atoms with Gasteiger partial charge in [-0.05, 0) is 30.7 Å². The Morgan fingerprint density at radius 3 is 2.53 bits per heavy atom. The van der Waals surface area contributed by atoms with Gasteiger partial charge in [0.1, 0.15) is 0 Å². The molecule has 0 atom stereocenters. The maximum absolute atomic E-state index is 11.5. The number of hydrogen-bond acceptors (Lipinski definition) is 4. The van der Waals surface area contributed by atoms with Gasteiger partial charge in [0.05, 0.1) is 18.8 Å². The van der Waals surface area contributed by atoms with Gasteiger partial charge in [-0.3, -0.25) is 0 Å². The van der Waals surface area contributed by atoms with Crippen molar-refractivity contribution in [3.8, 4) is 0 Å². The minimum Gasteiger partial charge on any atom is -0.462 e. The van der Waals surface area contributed by atoms with E-state index in [9.17, 15) is 9.59 Å². The molecule has 1 aromatic rings. The number of hydrogen-bond donors (Lipinski definition) is 3. The average molecular weight is 266 g/mol. The van der Waals surface area contributed by atoms with Crippen LogP contribution in [0.1, 0.15) is 23.7 Å². The van der Waals surface area contributed by atoms with Crippen molar-refractivity contribution < 1.29 is 19.4 Å². The number of aliphatic hydroxyl groups excluding tert-OH is 1. The van der Waals surface area contributed by atoms with Crippen molar-refractivity contribution in [3.05, 3.63) is 29.8 Å². The van der Waals surface area contributed by atoms with Gasteiger partial charge in [-0.1, -0.05) is 6.92 Å². The standard InChI is InChI=1S/C13H18N2O4/c1-2-9-19-12(17)10-3-5-11(6-4-10)15-13(18)14-7-8-16/h3-6,16H,2,7-9H2,1H3,(H2,14,15,18). The number of aliphatic hydroxyl groups is 1. The van der Waals surface area contributed by atoms with E-state index in [1.54, 1.807) is 24.3 Å². The summed E-state index contributed by atoms with van der Waals surface area (Å²) in [6.07, 6.45) is 0.774. The fraction of sp³-hybridized carbons (Fsp3) is 0.385.